The first-order valence-corrected chi connectivity index (χ1v) is 8.02. The van der Waals surface area contributed by atoms with Crippen molar-refractivity contribution in [3.8, 4) is 5.75 Å². The van der Waals surface area contributed by atoms with Crippen molar-refractivity contribution in [3.63, 3.8) is 0 Å². The van der Waals surface area contributed by atoms with Crippen molar-refractivity contribution in [2.24, 2.45) is 5.73 Å². The van der Waals surface area contributed by atoms with Crippen LogP contribution in [-0.2, 0) is 11.2 Å². The van der Waals surface area contributed by atoms with Crippen molar-refractivity contribution >= 4 is 22.4 Å². The van der Waals surface area contributed by atoms with Crippen LogP contribution in [0.25, 0.3) is 0 Å². The molecule has 0 saturated carbocycles. The highest BCUT2D eigenvalue weighted by Crippen LogP contribution is 2.21. The minimum Gasteiger partial charge on any atom is -0.483 e. The maximum atomic E-state index is 11.9. The van der Waals surface area contributed by atoms with Gasteiger partial charge in [0.1, 0.15) is 5.75 Å². The van der Waals surface area contributed by atoms with Crippen LogP contribution < -0.4 is 15.8 Å². The van der Waals surface area contributed by atoms with E-state index in [1.165, 1.54) is 11.3 Å². The van der Waals surface area contributed by atoms with Crippen LogP contribution >= 0.6 is 11.3 Å². The zero-order valence-electron chi connectivity index (χ0n) is 13.1. The molecule has 1 aromatic heterocycles. The monoisotopic (exact) mass is 319 g/mol. The standard InChI is InChI=1S/C16H21N3O2S/c1-10-5-4-6-14(12(10)3)21-8-15(20)19-16-18-13(9-22-16)7-11(2)17/h4-6,9,11H,7-8,17H2,1-3H3,(H,18,19,20). The number of ether oxygens (including phenoxy) is 1. The number of rotatable bonds is 6. The van der Waals surface area contributed by atoms with E-state index >= 15 is 0 Å². The van der Waals surface area contributed by atoms with Gasteiger partial charge in [-0.25, -0.2) is 4.98 Å². The topological polar surface area (TPSA) is 77.2 Å². The highest BCUT2D eigenvalue weighted by atomic mass is 32.1. The molecule has 1 heterocycles. The van der Waals surface area contributed by atoms with Gasteiger partial charge in [-0.3, -0.25) is 10.1 Å². The first kappa shape index (κ1) is 16.5. The van der Waals surface area contributed by atoms with E-state index in [9.17, 15) is 4.79 Å². The fourth-order valence-electron chi connectivity index (χ4n) is 1.97. The lowest BCUT2D eigenvalue weighted by molar-refractivity contribution is -0.118. The van der Waals surface area contributed by atoms with E-state index in [0.717, 1.165) is 22.6 Å². The molecule has 0 bridgehead atoms. The third-order valence-electron chi connectivity index (χ3n) is 3.24. The number of anilines is 1. The molecule has 2 aromatic rings. The van der Waals surface area contributed by atoms with Gasteiger partial charge >= 0.3 is 0 Å². The van der Waals surface area contributed by atoms with Gasteiger partial charge in [0.2, 0.25) is 0 Å². The molecule has 1 unspecified atom stereocenters. The molecule has 0 fully saturated rings. The molecule has 3 N–H and O–H groups in total. The summed E-state index contributed by atoms with van der Waals surface area (Å²) in [4.78, 5) is 16.2. The number of carbonyl (C=O) groups is 1. The number of benzene rings is 1. The summed E-state index contributed by atoms with van der Waals surface area (Å²) in [5, 5.41) is 5.22. The smallest absolute Gasteiger partial charge is 0.264 e. The van der Waals surface area contributed by atoms with Gasteiger partial charge in [0, 0.05) is 17.8 Å². The molecule has 0 radical (unpaired) electrons. The molecule has 0 aliphatic rings. The highest BCUT2D eigenvalue weighted by molar-refractivity contribution is 7.13. The van der Waals surface area contributed by atoms with Crippen molar-refractivity contribution in [2.45, 2.75) is 33.2 Å². The second kappa shape index (κ2) is 7.38. The molecule has 6 heteroatoms. The number of aromatic nitrogens is 1. The second-order valence-corrected chi connectivity index (χ2v) is 6.22. The lowest BCUT2D eigenvalue weighted by Crippen LogP contribution is -2.21. The van der Waals surface area contributed by atoms with E-state index in [1.54, 1.807) is 0 Å². The Bertz CT molecular complexity index is 653. The number of amides is 1. The van der Waals surface area contributed by atoms with E-state index in [4.69, 9.17) is 10.5 Å². The van der Waals surface area contributed by atoms with Gasteiger partial charge in [0.25, 0.3) is 5.91 Å². The van der Waals surface area contributed by atoms with Crippen LogP contribution in [0, 0.1) is 13.8 Å². The maximum absolute atomic E-state index is 11.9. The minimum atomic E-state index is -0.220. The van der Waals surface area contributed by atoms with Crippen LogP contribution in [0.4, 0.5) is 5.13 Å². The number of aryl methyl sites for hydroxylation is 1. The van der Waals surface area contributed by atoms with Crippen LogP contribution in [0.15, 0.2) is 23.6 Å². The number of hydrogen-bond acceptors (Lipinski definition) is 5. The van der Waals surface area contributed by atoms with E-state index in [0.29, 0.717) is 11.6 Å². The zero-order chi connectivity index (χ0) is 16.1. The molecular formula is C16H21N3O2S. The van der Waals surface area contributed by atoms with Gasteiger partial charge in [0.15, 0.2) is 11.7 Å². The summed E-state index contributed by atoms with van der Waals surface area (Å²) in [6, 6.07) is 5.84. The predicted octanol–water partition coefficient (Wildman–Crippen LogP) is 2.67. The number of hydrogen-bond donors (Lipinski definition) is 2. The Balaban J connectivity index is 1.88. The minimum absolute atomic E-state index is 0.0352. The molecule has 2 rings (SSSR count). The van der Waals surface area contributed by atoms with Gasteiger partial charge in [0.05, 0.1) is 5.69 Å². The summed E-state index contributed by atoms with van der Waals surface area (Å²) in [7, 11) is 0. The fraction of sp³-hybridized carbons (Fsp3) is 0.375. The van der Waals surface area contributed by atoms with Crippen LogP contribution in [-0.4, -0.2) is 23.5 Å². The number of nitrogens with two attached hydrogens (primary N) is 1. The van der Waals surface area contributed by atoms with Gasteiger partial charge < -0.3 is 10.5 Å². The first-order chi connectivity index (χ1) is 10.5. The predicted molar refractivity (Wildman–Crippen MR) is 89.5 cm³/mol. The van der Waals surface area contributed by atoms with Crippen molar-refractivity contribution in [2.75, 3.05) is 11.9 Å². The van der Waals surface area contributed by atoms with Crippen molar-refractivity contribution < 1.29 is 9.53 Å². The Labute approximate surface area is 134 Å². The fourth-order valence-corrected chi connectivity index (χ4v) is 2.71. The first-order valence-electron chi connectivity index (χ1n) is 7.14. The Morgan fingerprint density at radius 3 is 2.95 bits per heavy atom. The summed E-state index contributed by atoms with van der Waals surface area (Å²) < 4.78 is 5.57. The van der Waals surface area contributed by atoms with Crippen LogP contribution in [0.2, 0.25) is 0 Å². The van der Waals surface area contributed by atoms with E-state index in [-0.39, 0.29) is 18.6 Å². The van der Waals surface area contributed by atoms with E-state index in [2.05, 4.69) is 10.3 Å². The molecule has 1 amide bonds. The average molecular weight is 319 g/mol. The van der Waals surface area contributed by atoms with E-state index < -0.39 is 0 Å². The molecule has 0 aliphatic carbocycles. The second-order valence-electron chi connectivity index (χ2n) is 5.36. The normalized spacial score (nSPS) is 12.0. The lowest BCUT2D eigenvalue weighted by Gasteiger charge is -2.10. The van der Waals surface area contributed by atoms with Gasteiger partial charge in [-0.05, 0) is 38.0 Å². The van der Waals surface area contributed by atoms with Crippen molar-refractivity contribution in [3.05, 3.63) is 40.4 Å². The van der Waals surface area contributed by atoms with Gasteiger partial charge in [-0.2, -0.15) is 0 Å². The van der Waals surface area contributed by atoms with Gasteiger partial charge in [-0.15, -0.1) is 11.3 Å². The van der Waals surface area contributed by atoms with Crippen molar-refractivity contribution in [1.82, 2.24) is 4.98 Å². The molecule has 118 valence electrons. The van der Waals surface area contributed by atoms with Crippen LogP contribution in [0.3, 0.4) is 0 Å². The van der Waals surface area contributed by atoms with Crippen LogP contribution in [0.5, 0.6) is 5.75 Å². The summed E-state index contributed by atoms with van der Waals surface area (Å²) >= 11 is 1.39. The summed E-state index contributed by atoms with van der Waals surface area (Å²) in [6.45, 7) is 5.88. The van der Waals surface area contributed by atoms with E-state index in [1.807, 2.05) is 44.4 Å². The Morgan fingerprint density at radius 2 is 2.23 bits per heavy atom. The third kappa shape index (κ3) is 4.54. The molecule has 5 nitrogen and oxygen atoms in total. The number of nitrogens with zero attached hydrogens (tertiary/aromatic N) is 1. The quantitative estimate of drug-likeness (QED) is 0.858. The summed E-state index contributed by atoms with van der Waals surface area (Å²) in [6.07, 6.45) is 0.700. The SMILES string of the molecule is Cc1cccc(OCC(=O)Nc2nc(CC(C)N)cs2)c1C. The average Bonchev–Trinajstić information content (AvgIpc) is 2.86. The lowest BCUT2D eigenvalue weighted by atomic mass is 10.1. The molecule has 0 spiro atoms. The molecule has 22 heavy (non-hydrogen) atoms. The molecule has 1 atom stereocenters. The number of carbonyl (C=O) groups excluding carboxylic acids is 1. The molecular weight excluding hydrogens is 298 g/mol. The van der Waals surface area contributed by atoms with Gasteiger partial charge in [-0.1, -0.05) is 12.1 Å². The molecule has 0 aliphatic heterocycles. The summed E-state index contributed by atoms with van der Waals surface area (Å²) in [5.74, 6) is 0.509. The molecule has 1 aromatic carbocycles. The highest BCUT2D eigenvalue weighted by Gasteiger charge is 2.09. The maximum Gasteiger partial charge on any atom is 0.264 e. The Morgan fingerprint density at radius 1 is 1.45 bits per heavy atom. The molecule has 0 saturated heterocycles. The third-order valence-corrected chi connectivity index (χ3v) is 4.05. The van der Waals surface area contributed by atoms with Crippen LogP contribution in [0.1, 0.15) is 23.7 Å². The number of thiazole rings is 1. The zero-order valence-corrected chi connectivity index (χ0v) is 13.9. The summed E-state index contributed by atoms with van der Waals surface area (Å²) in [5.41, 5.74) is 8.81. The van der Waals surface area contributed by atoms with Crippen molar-refractivity contribution in [1.29, 1.82) is 0 Å². The Kier molecular flexibility index (Phi) is 5.51. The number of nitrogens with one attached hydrogen (secondary N) is 1. The Hall–Kier alpha value is -1.92. The largest absolute Gasteiger partial charge is 0.483 e.